The number of aliphatic imine (C=N–C) groups is 1. The molecule has 0 aromatic heterocycles. The summed E-state index contributed by atoms with van der Waals surface area (Å²) in [6, 6.07) is 6.89. The van der Waals surface area contributed by atoms with Gasteiger partial charge >= 0.3 is 0 Å². The van der Waals surface area contributed by atoms with Gasteiger partial charge in [-0.15, -0.1) is 0 Å². The molecule has 0 radical (unpaired) electrons. The molecule has 0 bridgehead atoms. The first-order valence-electron chi connectivity index (χ1n) is 7.73. The van der Waals surface area contributed by atoms with Crippen molar-refractivity contribution < 1.29 is 9.50 Å². The zero-order chi connectivity index (χ0) is 15.8. The van der Waals surface area contributed by atoms with Gasteiger partial charge in [0.05, 0.1) is 12.6 Å². The number of guanidine groups is 1. The largest absolute Gasteiger partial charge is 0.391 e. The second-order valence-electron chi connectivity index (χ2n) is 5.27. The van der Waals surface area contributed by atoms with Gasteiger partial charge in [0.2, 0.25) is 0 Å². The highest BCUT2D eigenvalue weighted by atomic mass is 32.2. The first-order chi connectivity index (χ1) is 10.7. The van der Waals surface area contributed by atoms with E-state index in [4.69, 9.17) is 0 Å². The number of rotatable bonds is 6. The summed E-state index contributed by atoms with van der Waals surface area (Å²) in [7, 11) is 0. The molecule has 122 valence electrons. The Hall–Kier alpha value is -1.27. The Labute approximate surface area is 135 Å². The van der Waals surface area contributed by atoms with E-state index < -0.39 is 0 Å². The Morgan fingerprint density at radius 2 is 2.32 bits per heavy atom. The maximum absolute atomic E-state index is 13.5. The van der Waals surface area contributed by atoms with Gasteiger partial charge in [-0.3, -0.25) is 4.99 Å². The van der Waals surface area contributed by atoms with Gasteiger partial charge in [-0.05, 0) is 25.0 Å². The van der Waals surface area contributed by atoms with Gasteiger partial charge in [-0.2, -0.15) is 11.8 Å². The minimum atomic E-state index is -0.251. The predicted molar refractivity (Wildman–Crippen MR) is 90.7 cm³/mol. The minimum Gasteiger partial charge on any atom is -0.391 e. The Balaban J connectivity index is 1.75. The van der Waals surface area contributed by atoms with Gasteiger partial charge in [0.25, 0.3) is 0 Å². The number of nitrogens with zero attached hydrogens (tertiary/aromatic N) is 2. The lowest BCUT2D eigenvalue weighted by atomic mass is 10.2. The Morgan fingerprint density at radius 1 is 1.50 bits per heavy atom. The highest BCUT2D eigenvalue weighted by Gasteiger charge is 2.22. The molecule has 1 fully saturated rings. The number of β-amino-alcohol motifs (C(OH)–C–C–N with tert-alkyl or cyclic N) is 1. The van der Waals surface area contributed by atoms with Crippen LogP contribution in [0.5, 0.6) is 0 Å². The molecule has 1 atom stereocenters. The van der Waals surface area contributed by atoms with Gasteiger partial charge in [-0.25, -0.2) is 4.39 Å². The molecule has 1 aliphatic heterocycles. The molecule has 1 heterocycles. The van der Waals surface area contributed by atoms with Gasteiger partial charge in [0.1, 0.15) is 5.82 Å². The summed E-state index contributed by atoms with van der Waals surface area (Å²) in [5.74, 6) is 2.24. The van der Waals surface area contributed by atoms with Crippen LogP contribution < -0.4 is 5.32 Å². The van der Waals surface area contributed by atoms with E-state index in [0.29, 0.717) is 18.8 Å². The first kappa shape index (κ1) is 17.1. The van der Waals surface area contributed by atoms with Crippen LogP contribution in [0.25, 0.3) is 0 Å². The van der Waals surface area contributed by atoms with Crippen molar-refractivity contribution in [2.24, 2.45) is 4.99 Å². The topological polar surface area (TPSA) is 47.9 Å². The summed E-state index contributed by atoms with van der Waals surface area (Å²) in [5.41, 5.74) is 0.742. The van der Waals surface area contributed by atoms with E-state index in [2.05, 4.69) is 15.2 Å². The van der Waals surface area contributed by atoms with E-state index in [1.807, 2.05) is 19.1 Å². The second-order valence-corrected chi connectivity index (χ2v) is 6.37. The van der Waals surface area contributed by atoms with Crippen molar-refractivity contribution in [1.29, 1.82) is 0 Å². The molecule has 22 heavy (non-hydrogen) atoms. The number of aliphatic hydroxyl groups is 1. The fraction of sp³-hybridized carbons (Fsp3) is 0.562. The Morgan fingerprint density at radius 3 is 3.00 bits per heavy atom. The van der Waals surface area contributed by atoms with Crippen molar-refractivity contribution in [3.05, 3.63) is 35.6 Å². The first-order valence-corrected chi connectivity index (χ1v) is 8.88. The Kier molecular flexibility index (Phi) is 6.99. The average molecular weight is 325 g/mol. The highest BCUT2D eigenvalue weighted by Crippen LogP contribution is 2.15. The fourth-order valence-corrected chi connectivity index (χ4v) is 3.19. The van der Waals surface area contributed by atoms with Crippen LogP contribution >= 0.6 is 11.8 Å². The summed E-state index contributed by atoms with van der Waals surface area (Å²) in [6.45, 7) is 5.03. The molecule has 0 spiro atoms. The number of benzene rings is 1. The quantitative estimate of drug-likeness (QED) is 0.478. The van der Waals surface area contributed by atoms with Gasteiger partial charge in [0.15, 0.2) is 5.96 Å². The van der Waals surface area contributed by atoms with Crippen molar-refractivity contribution in [3.63, 3.8) is 0 Å². The fourth-order valence-electron chi connectivity index (χ4n) is 2.37. The number of thioether (sulfide) groups is 1. The third-order valence-electron chi connectivity index (χ3n) is 3.51. The van der Waals surface area contributed by atoms with E-state index >= 15 is 0 Å². The lowest BCUT2D eigenvalue weighted by Gasteiger charge is -2.20. The minimum absolute atomic E-state index is 0.141. The number of hydrogen-bond acceptors (Lipinski definition) is 3. The molecule has 0 aliphatic carbocycles. The summed E-state index contributed by atoms with van der Waals surface area (Å²) in [5, 5.41) is 12.9. The molecule has 0 amide bonds. The normalized spacial score (nSPS) is 18.8. The highest BCUT2D eigenvalue weighted by molar-refractivity contribution is 7.98. The summed E-state index contributed by atoms with van der Waals surface area (Å²) >= 11 is 1.68. The number of aliphatic hydroxyl groups excluding tert-OH is 1. The molecular formula is C16H24FN3OS. The van der Waals surface area contributed by atoms with Crippen molar-refractivity contribution in [1.82, 2.24) is 10.2 Å². The number of halogens is 1. The standard InChI is InChI=1S/C16H24FN3OS/c1-2-18-16(20-9-7-14(21)11-20)19-8-10-22-12-13-5-3-4-6-15(13)17/h3-6,14,21H,2,7-12H2,1H3,(H,18,19)/t14-/m1/s1. The van der Waals surface area contributed by atoms with Crippen LogP contribution in [-0.2, 0) is 5.75 Å². The van der Waals surface area contributed by atoms with E-state index in [9.17, 15) is 9.50 Å². The van der Waals surface area contributed by atoms with Crippen LogP contribution in [0.3, 0.4) is 0 Å². The maximum Gasteiger partial charge on any atom is 0.194 e. The van der Waals surface area contributed by atoms with E-state index in [1.54, 1.807) is 17.8 Å². The molecule has 1 aliphatic rings. The molecule has 1 aromatic rings. The molecule has 2 rings (SSSR count). The Bertz CT molecular complexity index is 498. The number of hydrogen-bond donors (Lipinski definition) is 2. The summed E-state index contributed by atoms with van der Waals surface area (Å²) < 4.78 is 13.5. The monoisotopic (exact) mass is 325 g/mol. The van der Waals surface area contributed by atoms with Crippen LogP contribution in [0.2, 0.25) is 0 Å². The van der Waals surface area contributed by atoms with Crippen LogP contribution in [0.1, 0.15) is 18.9 Å². The second kappa shape index (κ2) is 9.00. The molecule has 0 saturated carbocycles. The van der Waals surface area contributed by atoms with E-state index in [1.165, 1.54) is 6.07 Å². The smallest absolute Gasteiger partial charge is 0.194 e. The van der Waals surface area contributed by atoms with Crippen LogP contribution in [0.4, 0.5) is 4.39 Å². The van der Waals surface area contributed by atoms with E-state index in [0.717, 1.165) is 36.8 Å². The van der Waals surface area contributed by atoms with Gasteiger partial charge in [0, 0.05) is 31.1 Å². The third-order valence-corrected chi connectivity index (χ3v) is 4.50. The maximum atomic E-state index is 13.5. The van der Waals surface area contributed by atoms with Crippen LogP contribution in [0, 0.1) is 5.82 Å². The van der Waals surface area contributed by atoms with Crippen molar-refractivity contribution in [2.75, 3.05) is 31.9 Å². The average Bonchev–Trinajstić information content (AvgIpc) is 2.94. The molecule has 0 unspecified atom stereocenters. The summed E-state index contributed by atoms with van der Waals surface area (Å²) in [4.78, 5) is 6.68. The molecular weight excluding hydrogens is 301 g/mol. The SMILES string of the molecule is CCNC(=NCCSCc1ccccc1F)N1CC[C@@H](O)C1. The van der Waals surface area contributed by atoms with Crippen molar-refractivity contribution in [3.8, 4) is 0 Å². The molecule has 1 saturated heterocycles. The van der Waals surface area contributed by atoms with Crippen LogP contribution in [-0.4, -0.2) is 54.0 Å². The molecule has 6 heteroatoms. The lowest BCUT2D eigenvalue weighted by molar-refractivity contribution is 0.188. The van der Waals surface area contributed by atoms with Crippen molar-refractivity contribution in [2.45, 2.75) is 25.2 Å². The van der Waals surface area contributed by atoms with E-state index in [-0.39, 0.29) is 11.9 Å². The zero-order valence-electron chi connectivity index (χ0n) is 13.0. The van der Waals surface area contributed by atoms with Gasteiger partial charge < -0.3 is 15.3 Å². The lowest BCUT2D eigenvalue weighted by Crippen LogP contribution is -2.40. The summed E-state index contributed by atoms with van der Waals surface area (Å²) in [6.07, 6.45) is 0.547. The zero-order valence-corrected chi connectivity index (χ0v) is 13.8. The molecule has 1 aromatic carbocycles. The van der Waals surface area contributed by atoms with Crippen molar-refractivity contribution >= 4 is 17.7 Å². The van der Waals surface area contributed by atoms with Crippen LogP contribution in [0.15, 0.2) is 29.3 Å². The third kappa shape index (κ3) is 5.18. The number of nitrogens with one attached hydrogen (secondary N) is 1. The number of likely N-dealkylation sites (tertiary alicyclic amines) is 1. The molecule has 4 nitrogen and oxygen atoms in total. The predicted octanol–water partition coefficient (Wildman–Crippen LogP) is 2.09. The van der Waals surface area contributed by atoms with Gasteiger partial charge in [-0.1, -0.05) is 18.2 Å². The molecule has 2 N–H and O–H groups in total.